The molecule has 0 bridgehead atoms. The highest BCUT2D eigenvalue weighted by atomic mass is 79.9. The number of rotatable bonds is 7. The first-order valence-corrected chi connectivity index (χ1v) is 4.16. The summed E-state index contributed by atoms with van der Waals surface area (Å²) in [6.45, 7) is 0.935. The second kappa shape index (κ2) is 10.1. The van der Waals surface area contributed by atoms with E-state index in [2.05, 4.69) is 0 Å². The van der Waals surface area contributed by atoms with Crippen LogP contribution < -0.4 is 21.9 Å². The molecule has 0 aromatic heterocycles. The lowest BCUT2D eigenvalue weighted by atomic mass is 10.2. The monoisotopic (exact) mass is 255 g/mol. The van der Waals surface area contributed by atoms with Gasteiger partial charge < -0.3 is 31.7 Å². The van der Waals surface area contributed by atoms with E-state index in [-0.39, 0.29) is 29.6 Å². The summed E-state index contributed by atoms with van der Waals surface area (Å²) in [7, 11) is 3.87. The molecule has 1 unspecified atom stereocenters. The van der Waals surface area contributed by atoms with Crippen molar-refractivity contribution in [3.05, 3.63) is 0 Å². The summed E-state index contributed by atoms with van der Waals surface area (Å²) in [6.07, 6.45) is 1.66. The number of likely N-dealkylation sites (N-methyl/N-ethyl adjacent to an activating group) is 1. The lowest BCUT2D eigenvalue weighted by Gasteiger charge is -2.14. The first kappa shape index (κ1) is 15.5. The van der Waals surface area contributed by atoms with Crippen LogP contribution in [0.25, 0.3) is 0 Å². The minimum absolute atomic E-state index is 0. The highest BCUT2D eigenvalue weighted by Gasteiger charge is 2.12. The van der Waals surface area contributed by atoms with Crippen molar-refractivity contribution < 1.29 is 36.5 Å². The molecule has 0 aliphatic rings. The molecular weight excluding hydrogens is 238 g/mol. The summed E-state index contributed by atoms with van der Waals surface area (Å²) < 4.78 is 5.04. The van der Waals surface area contributed by atoms with E-state index in [4.69, 9.17) is 9.84 Å². The van der Waals surface area contributed by atoms with Crippen LogP contribution in [0, 0.1) is 0 Å². The van der Waals surface area contributed by atoms with Crippen LogP contribution in [0.1, 0.15) is 6.42 Å². The van der Waals surface area contributed by atoms with Crippen LogP contribution in [0.4, 0.5) is 0 Å². The number of carbonyl (C=O) groups is 1. The number of carbonyl (C=O) groups excluding carboxylic acids is 1. The lowest BCUT2D eigenvalue weighted by Crippen LogP contribution is -3.10. The van der Waals surface area contributed by atoms with Gasteiger partial charge in [-0.15, -0.1) is 0 Å². The van der Waals surface area contributed by atoms with Gasteiger partial charge in [0.25, 0.3) is 0 Å². The number of nitrogens with one attached hydrogen (secondary N) is 1. The molecule has 0 radical (unpaired) electrons. The zero-order valence-corrected chi connectivity index (χ0v) is 9.71. The number of aliphatic hydroxyl groups is 1. The van der Waals surface area contributed by atoms with Crippen LogP contribution in [0.15, 0.2) is 0 Å². The second-order valence-corrected chi connectivity index (χ2v) is 2.94. The minimum Gasteiger partial charge on any atom is -1.00 e. The zero-order valence-electron chi connectivity index (χ0n) is 8.12. The van der Waals surface area contributed by atoms with Gasteiger partial charge in [0, 0.05) is 6.42 Å². The Hall–Kier alpha value is 0.0300. The number of hydrogen-bond acceptors (Lipinski definition) is 3. The van der Waals surface area contributed by atoms with Gasteiger partial charge in [-0.1, -0.05) is 0 Å². The Morgan fingerprint density at radius 2 is 2.08 bits per heavy atom. The Bertz CT molecular complexity index is 122. The molecule has 0 aromatic rings. The van der Waals surface area contributed by atoms with E-state index in [1.807, 2.05) is 14.1 Å². The van der Waals surface area contributed by atoms with Gasteiger partial charge in [-0.05, 0) is 0 Å². The van der Waals surface area contributed by atoms with Gasteiger partial charge in [-0.3, -0.25) is 4.79 Å². The van der Waals surface area contributed by atoms with Crippen molar-refractivity contribution in [1.82, 2.24) is 0 Å². The molecule has 2 N–H and O–H groups in total. The van der Waals surface area contributed by atoms with Crippen molar-refractivity contribution in [1.29, 1.82) is 0 Å². The van der Waals surface area contributed by atoms with Crippen molar-refractivity contribution >= 4 is 6.29 Å². The average molecular weight is 256 g/mol. The molecule has 0 spiro atoms. The van der Waals surface area contributed by atoms with Gasteiger partial charge in [-0.25, -0.2) is 0 Å². The van der Waals surface area contributed by atoms with Crippen LogP contribution in [0.3, 0.4) is 0 Å². The maximum atomic E-state index is 10.5. The zero-order chi connectivity index (χ0) is 9.40. The average Bonchev–Trinajstić information content (AvgIpc) is 2.04. The number of aliphatic hydroxyl groups excluding tert-OH is 1. The standard InChI is InChI=1S/C8H17NO3.BrH/c1-9(2)8(7-11)3-5-12-6-4-10;/h7-8,10H,3-6H2,1-2H3;1H. The van der Waals surface area contributed by atoms with Crippen molar-refractivity contribution in [2.75, 3.05) is 33.9 Å². The van der Waals surface area contributed by atoms with Crippen LogP contribution >= 0.6 is 0 Å². The first-order valence-electron chi connectivity index (χ1n) is 4.16. The van der Waals surface area contributed by atoms with E-state index in [1.54, 1.807) is 0 Å². The highest BCUT2D eigenvalue weighted by molar-refractivity contribution is 5.55. The largest absolute Gasteiger partial charge is 1.00 e. The summed E-state index contributed by atoms with van der Waals surface area (Å²) in [5, 5.41) is 8.40. The first-order chi connectivity index (χ1) is 5.72. The fourth-order valence-electron chi connectivity index (χ4n) is 0.870. The van der Waals surface area contributed by atoms with Gasteiger partial charge in [0.05, 0.1) is 33.9 Å². The predicted octanol–water partition coefficient (Wildman–Crippen LogP) is -4.90. The number of ether oxygens (including phenoxy) is 1. The molecule has 0 aliphatic heterocycles. The summed E-state index contributed by atoms with van der Waals surface area (Å²) in [5.41, 5.74) is 0. The topological polar surface area (TPSA) is 51.0 Å². The van der Waals surface area contributed by atoms with Gasteiger partial charge in [0.1, 0.15) is 6.04 Å². The normalized spacial score (nSPS) is 12.3. The van der Waals surface area contributed by atoms with Crippen LogP contribution in [0.2, 0.25) is 0 Å². The molecule has 0 saturated carbocycles. The second-order valence-electron chi connectivity index (χ2n) is 2.94. The van der Waals surface area contributed by atoms with E-state index in [9.17, 15) is 4.79 Å². The van der Waals surface area contributed by atoms with E-state index in [0.717, 1.165) is 11.2 Å². The fourth-order valence-corrected chi connectivity index (χ4v) is 0.870. The van der Waals surface area contributed by atoms with Crippen LogP contribution in [-0.4, -0.2) is 51.4 Å². The lowest BCUT2D eigenvalue weighted by molar-refractivity contribution is -0.874. The molecule has 80 valence electrons. The van der Waals surface area contributed by atoms with Crippen LogP contribution in [0.5, 0.6) is 0 Å². The fraction of sp³-hybridized carbons (Fsp3) is 0.875. The third kappa shape index (κ3) is 8.36. The Labute approximate surface area is 89.6 Å². The molecule has 4 nitrogen and oxygen atoms in total. The van der Waals surface area contributed by atoms with Crippen molar-refractivity contribution in [2.45, 2.75) is 12.5 Å². The molecule has 0 rings (SSSR count). The van der Waals surface area contributed by atoms with Crippen molar-refractivity contribution in [2.24, 2.45) is 0 Å². The molecule has 0 fully saturated rings. The molecule has 0 aliphatic carbocycles. The maximum absolute atomic E-state index is 10.5. The molecule has 0 amide bonds. The summed E-state index contributed by atoms with van der Waals surface area (Å²) in [5.74, 6) is 0. The summed E-state index contributed by atoms with van der Waals surface area (Å²) in [4.78, 5) is 11.6. The molecule has 1 atom stereocenters. The minimum atomic E-state index is 0. The Balaban J connectivity index is 0. The predicted molar refractivity (Wildman–Crippen MR) is 45.2 cm³/mol. The number of halogens is 1. The molecule has 0 heterocycles. The third-order valence-electron chi connectivity index (χ3n) is 1.71. The Kier molecular flexibility index (Phi) is 12.1. The molecule has 5 heteroatoms. The van der Waals surface area contributed by atoms with E-state index in [0.29, 0.717) is 19.6 Å². The van der Waals surface area contributed by atoms with Gasteiger partial charge in [0.2, 0.25) is 0 Å². The number of quaternary nitrogens is 1. The van der Waals surface area contributed by atoms with Gasteiger partial charge in [-0.2, -0.15) is 0 Å². The number of hydrogen-bond donors (Lipinski definition) is 2. The van der Waals surface area contributed by atoms with E-state index >= 15 is 0 Å². The number of aldehydes is 1. The quantitative estimate of drug-likeness (QED) is 0.355. The molecule has 0 saturated heterocycles. The van der Waals surface area contributed by atoms with Gasteiger partial charge >= 0.3 is 0 Å². The summed E-state index contributed by atoms with van der Waals surface area (Å²) in [6, 6.07) is 0.00342. The summed E-state index contributed by atoms with van der Waals surface area (Å²) >= 11 is 0. The Morgan fingerprint density at radius 1 is 1.46 bits per heavy atom. The maximum Gasteiger partial charge on any atom is 0.177 e. The highest BCUT2D eigenvalue weighted by Crippen LogP contribution is 1.84. The molecular formula is C8H18BrNO3. The molecule has 0 aromatic carbocycles. The smallest absolute Gasteiger partial charge is 0.177 e. The Morgan fingerprint density at radius 3 is 2.46 bits per heavy atom. The van der Waals surface area contributed by atoms with Crippen molar-refractivity contribution in [3.8, 4) is 0 Å². The van der Waals surface area contributed by atoms with Crippen LogP contribution in [-0.2, 0) is 9.53 Å². The van der Waals surface area contributed by atoms with E-state index < -0.39 is 0 Å². The van der Waals surface area contributed by atoms with E-state index in [1.165, 1.54) is 0 Å². The SMILES string of the molecule is C[NH+](C)C(C=O)CCOCCO.[Br-]. The third-order valence-corrected chi connectivity index (χ3v) is 1.71. The van der Waals surface area contributed by atoms with Crippen molar-refractivity contribution in [3.63, 3.8) is 0 Å². The van der Waals surface area contributed by atoms with Gasteiger partial charge in [0.15, 0.2) is 6.29 Å². The molecule has 13 heavy (non-hydrogen) atoms.